The molecule has 0 saturated carbocycles. The van der Waals surface area contributed by atoms with Gasteiger partial charge in [-0.3, -0.25) is 9.52 Å². The van der Waals surface area contributed by atoms with Crippen molar-refractivity contribution >= 4 is 44.8 Å². The van der Waals surface area contributed by atoms with E-state index in [9.17, 15) is 13.2 Å². The fourth-order valence-corrected chi connectivity index (χ4v) is 3.03. The molecule has 0 saturated heterocycles. The lowest BCUT2D eigenvalue weighted by atomic mass is 10.2. The van der Waals surface area contributed by atoms with E-state index < -0.39 is 15.9 Å². The number of hydrogen-bond donors (Lipinski definition) is 2. The van der Waals surface area contributed by atoms with Gasteiger partial charge in [-0.15, -0.1) is 11.6 Å². The van der Waals surface area contributed by atoms with Crippen LogP contribution in [0.15, 0.2) is 18.2 Å². The molecule has 1 aromatic carbocycles. The molecule has 0 aliphatic rings. The molecule has 19 heavy (non-hydrogen) atoms. The summed E-state index contributed by atoms with van der Waals surface area (Å²) in [6.07, 6.45) is 1.11. The fourth-order valence-electron chi connectivity index (χ4n) is 1.40. The number of hydrogen-bond acceptors (Lipinski definition) is 3. The number of nitrogens with one attached hydrogen (secondary N) is 1. The molecule has 0 spiro atoms. The first-order valence-corrected chi connectivity index (χ1v) is 8.08. The maximum Gasteiger partial charge on any atom is 0.250 e. The van der Waals surface area contributed by atoms with E-state index in [4.69, 9.17) is 28.9 Å². The number of rotatable bonds is 7. The number of halogens is 2. The molecule has 8 heteroatoms. The highest BCUT2D eigenvalue weighted by atomic mass is 35.5. The average Bonchev–Trinajstić information content (AvgIpc) is 2.28. The van der Waals surface area contributed by atoms with Crippen LogP contribution in [0.2, 0.25) is 5.02 Å². The summed E-state index contributed by atoms with van der Waals surface area (Å²) in [5, 5.41) is 0.105. The van der Waals surface area contributed by atoms with Crippen molar-refractivity contribution < 1.29 is 13.2 Å². The maximum absolute atomic E-state index is 11.7. The Hall–Kier alpha value is -0.980. The summed E-state index contributed by atoms with van der Waals surface area (Å²) in [7, 11) is -3.44. The van der Waals surface area contributed by atoms with Crippen molar-refractivity contribution in [1.29, 1.82) is 0 Å². The van der Waals surface area contributed by atoms with E-state index in [1.807, 2.05) is 0 Å². The standard InChI is InChI=1S/C11H14Cl2N2O3S/c12-5-1-2-6-19(17,18)15-8-3-4-9(11(14)16)10(13)7-8/h3-4,7,15H,1-2,5-6H2,(H2,14,16). The smallest absolute Gasteiger partial charge is 0.250 e. The number of amides is 1. The number of alkyl halides is 1. The predicted octanol–water partition coefficient (Wildman–Crippen LogP) is 2.20. The Bertz CT molecular complexity index is 561. The lowest BCUT2D eigenvalue weighted by Crippen LogP contribution is -2.17. The van der Waals surface area contributed by atoms with Gasteiger partial charge in [-0.1, -0.05) is 11.6 Å². The van der Waals surface area contributed by atoms with E-state index in [2.05, 4.69) is 4.72 Å². The molecule has 0 atom stereocenters. The minimum Gasteiger partial charge on any atom is -0.366 e. The Labute approximate surface area is 122 Å². The van der Waals surface area contributed by atoms with Crippen molar-refractivity contribution in [3.8, 4) is 0 Å². The zero-order valence-corrected chi connectivity index (χ0v) is 12.4. The van der Waals surface area contributed by atoms with Gasteiger partial charge in [0.05, 0.1) is 16.3 Å². The van der Waals surface area contributed by atoms with Crippen LogP contribution >= 0.6 is 23.2 Å². The Morgan fingerprint density at radius 3 is 2.53 bits per heavy atom. The number of unbranched alkanes of at least 4 members (excludes halogenated alkanes) is 1. The van der Waals surface area contributed by atoms with Crippen molar-refractivity contribution in [3.63, 3.8) is 0 Å². The number of primary amides is 1. The van der Waals surface area contributed by atoms with Gasteiger partial charge in [0, 0.05) is 11.6 Å². The third-order valence-electron chi connectivity index (χ3n) is 2.30. The number of nitrogens with two attached hydrogens (primary N) is 1. The van der Waals surface area contributed by atoms with Crippen LogP contribution in [-0.4, -0.2) is 26.0 Å². The second kappa shape index (κ2) is 6.98. The van der Waals surface area contributed by atoms with E-state index in [0.29, 0.717) is 24.4 Å². The molecule has 106 valence electrons. The quantitative estimate of drug-likeness (QED) is 0.595. The second-order valence-corrected chi connectivity index (χ2v) is 6.50. The van der Waals surface area contributed by atoms with Gasteiger partial charge < -0.3 is 5.73 Å². The van der Waals surface area contributed by atoms with Gasteiger partial charge in [-0.2, -0.15) is 0 Å². The average molecular weight is 325 g/mol. The minimum absolute atomic E-state index is 0.0189. The SMILES string of the molecule is NC(=O)c1ccc(NS(=O)(=O)CCCCCl)cc1Cl. The number of anilines is 1. The molecule has 5 nitrogen and oxygen atoms in total. The molecule has 0 heterocycles. The molecular formula is C11H14Cl2N2O3S. The summed E-state index contributed by atoms with van der Waals surface area (Å²) >= 11 is 11.3. The predicted molar refractivity (Wildman–Crippen MR) is 77.3 cm³/mol. The molecule has 0 bridgehead atoms. The van der Waals surface area contributed by atoms with Crippen LogP contribution in [0.5, 0.6) is 0 Å². The molecule has 1 aromatic rings. The van der Waals surface area contributed by atoms with Crippen LogP contribution in [0.3, 0.4) is 0 Å². The van der Waals surface area contributed by atoms with E-state index >= 15 is 0 Å². The van der Waals surface area contributed by atoms with Gasteiger partial charge in [-0.05, 0) is 31.0 Å². The first-order valence-electron chi connectivity index (χ1n) is 5.51. The highest BCUT2D eigenvalue weighted by molar-refractivity contribution is 7.92. The number of benzene rings is 1. The maximum atomic E-state index is 11.7. The molecule has 0 aliphatic heterocycles. The van der Waals surface area contributed by atoms with E-state index in [0.717, 1.165) is 0 Å². The first kappa shape index (κ1) is 16.1. The van der Waals surface area contributed by atoms with E-state index in [1.54, 1.807) is 0 Å². The van der Waals surface area contributed by atoms with Crippen LogP contribution < -0.4 is 10.5 Å². The van der Waals surface area contributed by atoms with Crippen LogP contribution in [0.4, 0.5) is 5.69 Å². The van der Waals surface area contributed by atoms with Gasteiger partial charge in [-0.25, -0.2) is 8.42 Å². The highest BCUT2D eigenvalue weighted by Crippen LogP contribution is 2.21. The van der Waals surface area contributed by atoms with Gasteiger partial charge in [0.15, 0.2) is 0 Å². The Kier molecular flexibility index (Phi) is 5.90. The normalized spacial score (nSPS) is 11.3. The summed E-state index contributed by atoms with van der Waals surface area (Å²) in [6, 6.07) is 4.16. The van der Waals surface area contributed by atoms with Crippen molar-refractivity contribution in [2.24, 2.45) is 5.73 Å². The molecular weight excluding hydrogens is 311 g/mol. The van der Waals surface area contributed by atoms with Crippen molar-refractivity contribution in [3.05, 3.63) is 28.8 Å². The van der Waals surface area contributed by atoms with Crippen LogP contribution in [0.25, 0.3) is 0 Å². The Morgan fingerprint density at radius 1 is 1.32 bits per heavy atom. The van der Waals surface area contributed by atoms with Crippen LogP contribution in [0.1, 0.15) is 23.2 Å². The second-order valence-electron chi connectivity index (χ2n) is 3.88. The van der Waals surface area contributed by atoms with Gasteiger partial charge in [0.2, 0.25) is 15.9 Å². The lowest BCUT2D eigenvalue weighted by Gasteiger charge is -2.09. The highest BCUT2D eigenvalue weighted by Gasteiger charge is 2.12. The lowest BCUT2D eigenvalue weighted by molar-refractivity contribution is 0.100. The largest absolute Gasteiger partial charge is 0.366 e. The van der Waals surface area contributed by atoms with E-state index in [-0.39, 0.29) is 16.3 Å². The molecule has 0 unspecified atom stereocenters. The number of carbonyl (C=O) groups is 1. The van der Waals surface area contributed by atoms with Crippen LogP contribution in [0, 0.1) is 0 Å². The summed E-state index contributed by atoms with van der Waals surface area (Å²) < 4.78 is 25.8. The fraction of sp³-hybridized carbons (Fsp3) is 0.364. The van der Waals surface area contributed by atoms with Crippen molar-refractivity contribution in [1.82, 2.24) is 0 Å². The summed E-state index contributed by atoms with van der Waals surface area (Å²) in [5.74, 6) is -0.259. The third-order valence-corrected chi connectivity index (χ3v) is 4.26. The molecule has 1 rings (SSSR count). The number of sulfonamides is 1. The molecule has 0 fully saturated rings. The minimum atomic E-state index is -3.44. The van der Waals surface area contributed by atoms with Crippen molar-refractivity contribution in [2.75, 3.05) is 16.4 Å². The van der Waals surface area contributed by atoms with Gasteiger partial charge >= 0.3 is 0 Å². The van der Waals surface area contributed by atoms with E-state index in [1.165, 1.54) is 18.2 Å². The zero-order chi connectivity index (χ0) is 14.5. The third kappa shape index (κ3) is 5.26. The Morgan fingerprint density at radius 2 is 2.00 bits per heavy atom. The monoisotopic (exact) mass is 324 g/mol. The van der Waals surface area contributed by atoms with Crippen LogP contribution in [-0.2, 0) is 10.0 Å². The first-order chi connectivity index (χ1) is 8.85. The summed E-state index contributed by atoms with van der Waals surface area (Å²) in [6.45, 7) is 0. The zero-order valence-electron chi connectivity index (χ0n) is 10.0. The number of carbonyl (C=O) groups excluding carboxylic acids is 1. The Balaban J connectivity index is 2.77. The van der Waals surface area contributed by atoms with Crippen molar-refractivity contribution in [2.45, 2.75) is 12.8 Å². The molecule has 0 aromatic heterocycles. The molecule has 3 N–H and O–H groups in total. The van der Waals surface area contributed by atoms with Gasteiger partial charge in [0.25, 0.3) is 0 Å². The summed E-state index contributed by atoms with van der Waals surface area (Å²) in [5.41, 5.74) is 5.54. The molecule has 0 radical (unpaired) electrons. The molecule has 0 aliphatic carbocycles. The summed E-state index contributed by atoms with van der Waals surface area (Å²) in [4.78, 5) is 11.0. The molecule has 1 amide bonds. The topological polar surface area (TPSA) is 89.3 Å². The van der Waals surface area contributed by atoms with Gasteiger partial charge in [0.1, 0.15) is 0 Å².